The van der Waals surface area contributed by atoms with Crippen molar-refractivity contribution in [2.24, 2.45) is 0 Å². The lowest BCUT2D eigenvalue weighted by Gasteiger charge is -2.43. The Morgan fingerprint density at radius 1 is 1.20 bits per heavy atom. The van der Waals surface area contributed by atoms with Crippen LogP contribution in [0.1, 0.15) is 16.2 Å². The maximum atomic E-state index is 12.7. The lowest BCUT2D eigenvalue weighted by atomic mass is 10.0. The Bertz CT molecular complexity index is 854. The number of aromatic nitrogens is 2. The van der Waals surface area contributed by atoms with Crippen LogP contribution in [0.2, 0.25) is 0 Å². The minimum atomic E-state index is -3.19. The fraction of sp³-hybridized carbons (Fsp3) is 0.438. The fourth-order valence-corrected chi connectivity index (χ4v) is 5.65. The number of carbonyl (C=O) groups excluding carboxylic acids is 1. The Hall–Kier alpha value is -2.26. The summed E-state index contributed by atoms with van der Waals surface area (Å²) in [4.78, 5) is 20.7. The first kappa shape index (κ1) is 16.2. The number of rotatable bonds is 3. The van der Waals surface area contributed by atoms with Crippen LogP contribution in [0.4, 0.5) is 0 Å². The quantitative estimate of drug-likeness (QED) is 0.769. The molecule has 132 valence electrons. The van der Waals surface area contributed by atoms with Crippen molar-refractivity contribution in [3.05, 3.63) is 48.1 Å². The molecule has 25 heavy (non-hydrogen) atoms. The number of sulfone groups is 1. The second kappa shape index (κ2) is 6.23. The highest BCUT2D eigenvalue weighted by atomic mass is 32.2. The fourth-order valence-electron chi connectivity index (χ4n) is 3.64. The summed E-state index contributed by atoms with van der Waals surface area (Å²) in [6, 6.07) is 6.59. The number of hydrogen-bond donors (Lipinski definition) is 0. The average Bonchev–Trinajstić information content (AvgIpc) is 3.22. The van der Waals surface area contributed by atoms with Crippen molar-refractivity contribution in [2.45, 2.75) is 18.6 Å². The van der Waals surface area contributed by atoms with Crippen LogP contribution in [0.3, 0.4) is 0 Å². The van der Waals surface area contributed by atoms with Crippen LogP contribution in [-0.2, 0) is 16.4 Å². The van der Waals surface area contributed by atoms with Gasteiger partial charge in [-0.05, 0) is 12.1 Å². The van der Waals surface area contributed by atoms with E-state index in [1.807, 2.05) is 18.2 Å². The highest BCUT2D eigenvalue weighted by Crippen LogP contribution is 2.29. The van der Waals surface area contributed by atoms with E-state index < -0.39 is 9.84 Å². The topological polar surface area (TPSA) is 96.6 Å². The Morgan fingerprint density at radius 2 is 2.04 bits per heavy atom. The molecule has 0 N–H and O–H groups in total. The van der Waals surface area contributed by atoms with E-state index in [1.165, 1.54) is 12.3 Å². The van der Waals surface area contributed by atoms with Crippen LogP contribution in [-0.4, -0.2) is 70.9 Å². The zero-order chi connectivity index (χ0) is 17.4. The highest BCUT2D eigenvalue weighted by Gasteiger charge is 2.48. The largest absolute Gasteiger partial charge is 0.364 e. The molecule has 2 aliphatic rings. The molecule has 8 nitrogen and oxygen atoms in total. The molecule has 0 spiro atoms. The second-order valence-corrected chi connectivity index (χ2v) is 8.54. The van der Waals surface area contributed by atoms with E-state index >= 15 is 0 Å². The maximum absolute atomic E-state index is 12.7. The van der Waals surface area contributed by atoms with Crippen molar-refractivity contribution in [2.75, 3.05) is 24.6 Å². The predicted molar refractivity (Wildman–Crippen MR) is 88.4 cm³/mol. The van der Waals surface area contributed by atoms with E-state index in [-0.39, 0.29) is 35.2 Å². The summed E-state index contributed by atoms with van der Waals surface area (Å²) in [6.07, 6.45) is 3.07. The third-order valence-corrected chi connectivity index (χ3v) is 6.50. The number of amides is 1. The van der Waals surface area contributed by atoms with Gasteiger partial charge in [-0.3, -0.25) is 14.7 Å². The van der Waals surface area contributed by atoms with Crippen molar-refractivity contribution in [1.82, 2.24) is 19.9 Å². The van der Waals surface area contributed by atoms with E-state index in [0.29, 0.717) is 19.6 Å². The lowest BCUT2D eigenvalue weighted by Crippen LogP contribution is -2.60. The first-order valence-electron chi connectivity index (χ1n) is 8.09. The molecule has 0 radical (unpaired) electrons. The molecule has 0 saturated carbocycles. The van der Waals surface area contributed by atoms with Crippen LogP contribution < -0.4 is 0 Å². The molecule has 2 saturated heterocycles. The van der Waals surface area contributed by atoms with Crippen molar-refractivity contribution in [3.8, 4) is 0 Å². The first-order chi connectivity index (χ1) is 12.0. The SMILES string of the molecule is O=C(c1ccon1)N1CCN(Cc2ccccn2)[C@@H]2CS(=O)(=O)C[C@@H]21. The molecule has 9 heteroatoms. The molecule has 1 amide bonds. The predicted octanol–water partition coefficient (Wildman–Crippen LogP) is 0.193. The third-order valence-electron chi connectivity index (χ3n) is 4.80. The van der Waals surface area contributed by atoms with Gasteiger partial charge in [0, 0.05) is 37.9 Å². The standard InChI is InChI=1S/C16H18N4O4S/c21-16(13-4-8-24-18-13)20-7-6-19(9-12-3-1-2-5-17-12)14-10-25(22,23)11-15(14)20/h1-5,8,14-15H,6-7,9-11H2/t14-,15+/m1/s1. The number of nitrogens with zero attached hydrogens (tertiary/aromatic N) is 4. The van der Waals surface area contributed by atoms with Crippen molar-refractivity contribution in [3.63, 3.8) is 0 Å². The number of fused-ring (bicyclic) bond motifs is 1. The average molecular weight is 362 g/mol. The van der Waals surface area contributed by atoms with Crippen molar-refractivity contribution >= 4 is 15.7 Å². The number of pyridine rings is 1. The summed E-state index contributed by atoms with van der Waals surface area (Å²) in [7, 11) is -3.19. The molecule has 2 aromatic heterocycles. The molecule has 4 heterocycles. The van der Waals surface area contributed by atoms with E-state index in [1.54, 1.807) is 11.1 Å². The van der Waals surface area contributed by atoms with Crippen LogP contribution in [0.25, 0.3) is 0 Å². The summed E-state index contributed by atoms with van der Waals surface area (Å²) in [6.45, 7) is 1.62. The van der Waals surface area contributed by atoms with Gasteiger partial charge in [0.2, 0.25) is 0 Å². The van der Waals surface area contributed by atoms with E-state index in [9.17, 15) is 13.2 Å². The Morgan fingerprint density at radius 3 is 2.76 bits per heavy atom. The van der Waals surface area contributed by atoms with E-state index in [4.69, 9.17) is 4.52 Å². The molecule has 2 atom stereocenters. The van der Waals surface area contributed by atoms with Gasteiger partial charge in [-0.2, -0.15) is 0 Å². The molecule has 0 bridgehead atoms. The number of piperazine rings is 1. The molecular formula is C16H18N4O4S. The van der Waals surface area contributed by atoms with E-state index in [0.717, 1.165) is 5.69 Å². The zero-order valence-corrected chi connectivity index (χ0v) is 14.3. The van der Waals surface area contributed by atoms with Gasteiger partial charge in [0.1, 0.15) is 6.26 Å². The van der Waals surface area contributed by atoms with Gasteiger partial charge in [-0.25, -0.2) is 8.42 Å². The molecule has 0 aliphatic carbocycles. The van der Waals surface area contributed by atoms with Gasteiger partial charge in [-0.1, -0.05) is 11.2 Å². The van der Waals surface area contributed by atoms with Gasteiger partial charge in [-0.15, -0.1) is 0 Å². The minimum Gasteiger partial charge on any atom is -0.364 e. The van der Waals surface area contributed by atoms with Gasteiger partial charge >= 0.3 is 0 Å². The lowest BCUT2D eigenvalue weighted by molar-refractivity contribution is 0.0295. The summed E-state index contributed by atoms with van der Waals surface area (Å²) >= 11 is 0. The van der Waals surface area contributed by atoms with Crippen LogP contribution in [0, 0.1) is 0 Å². The number of hydrogen-bond acceptors (Lipinski definition) is 7. The van der Waals surface area contributed by atoms with Gasteiger partial charge in [0.15, 0.2) is 15.5 Å². The van der Waals surface area contributed by atoms with Crippen LogP contribution in [0.5, 0.6) is 0 Å². The highest BCUT2D eigenvalue weighted by molar-refractivity contribution is 7.91. The summed E-state index contributed by atoms with van der Waals surface area (Å²) in [5.41, 5.74) is 1.10. The monoisotopic (exact) mass is 362 g/mol. The molecule has 2 aliphatic heterocycles. The number of carbonyl (C=O) groups is 1. The minimum absolute atomic E-state index is 0.0139. The van der Waals surface area contributed by atoms with Gasteiger partial charge < -0.3 is 9.42 Å². The molecule has 0 unspecified atom stereocenters. The van der Waals surface area contributed by atoms with Crippen molar-refractivity contribution < 1.29 is 17.7 Å². The van der Waals surface area contributed by atoms with Crippen LogP contribution in [0.15, 0.2) is 41.2 Å². The van der Waals surface area contributed by atoms with Gasteiger partial charge in [0.05, 0.1) is 23.2 Å². The Kier molecular flexibility index (Phi) is 4.04. The summed E-state index contributed by atoms with van der Waals surface area (Å²) < 4.78 is 29.2. The molecule has 2 aromatic rings. The molecule has 4 rings (SSSR count). The Balaban J connectivity index is 1.59. The molecular weight excluding hydrogens is 344 g/mol. The Labute approximate surface area is 145 Å². The third kappa shape index (κ3) is 3.16. The molecule has 0 aromatic carbocycles. The summed E-state index contributed by atoms with van der Waals surface area (Å²) in [5, 5.41) is 3.69. The van der Waals surface area contributed by atoms with Crippen LogP contribution >= 0.6 is 0 Å². The van der Waals surface area contributed by atoms with E-state index in [2.05, 4.69) is 15.0 Å². The summed E-state index contributed by atoms with van der Waals surface area (Å²) in [5.74, 6) is -0.231. The van der Waals surface area contributed by atoms with Crippen molar-refractivity contribution in [1.29, 1.82) is 0 Å². The molecule has 2 fully saturated rings. The maximum Gasteiger partial charge on any atom is 0.276 e. The zero-order valence-electron chi connectivity index (χ0n) is 13.5. The normalized spacial score (nSPS) is 25.7. The first-order valence-corrected chi connectivity index (χ1v) is 9.91. The second-order valence-electron chi connectivity index (χ2n) is 6.39. The van der Waals surface area contributed by atoms with Gasteiger partial charge in [0.25, 0.3) is 5.91 Å². The smallest absolute Gasteiger partial charge is 0.276 e.